The molecule has 2 heterocycles. The Labute approximate surface area is 196 Å². The van der Waals surface area contributed by atoms with E-state index in [9.17, 15) is 19.7 Å². The van der Waals surface area contributed by atoms with E-state index in [1.54, 1.807) is 23.5 Å². The number of thiophene rings is 1. The fraction of sp³-hybridized carbons (Fsp3) is 0.346. The molecule has 0 spiro atoms. The summed E-state index contributed by atoms with van der Waals surface area (Å²) in [6.45, 7) is 0. The molecule has 1 aromatic heterocycles. The van der Waals surface area contributed by atoms with Gasteiger partial charge in [-0.15, -0.1) is 11.3 Å². The number of fused-ring (bicyclic) bond motifs is 1. The number of nitrogens with zero attached hydrogens (tertiary/aromatic N) is 3. The van der Waals surface area contributed by atoms with Gasteiger partial charge in [-0.25, -0.2) is 4.39 Å². The molecule has 0 bridgehead atoms. The monoisotopic (exact) mass is 458 g/mol. The summed E-state index contributed by atoms with van der Waals surface area (Å²) in [6.07, 6.45) is 6.79. The summed E-state index contributed by atoms with van der Waals surface area (Å²) in [7, 11) is 0. The smallest absolute Gasteiger partial charge is 0.161 e. The molecule has 3 aliphatic rings. The van der Waals surface area contributed by atoms with Gasteiger partial charge in [-0.1, -0.05) is 18.6 Å². The molecule has 5 nitrogen and oxygen atoms in total. The Morgan fingerprint density at radius 3 is 2.48 bits per heavy atom. The van der Waals surface area contributed by atoms with Gasteiger partial charge in [0, 0.05) is 22.6 Å². The molecule has 1 aromatic carbocycles. The highest BCUT2D eigenvalue weighted by atomic mass is 32.1. The molecule has 5 rings (SSSR count). The molecule has 0 saturated carbocycles. The number of ketones is 1. The quantitative estimate of drug-likeness (QED) is 0.614. The molecule has 1 atom stereocenters. The minimum Gasteiger partial charge on any atom is -0.384 e. The lowest BCUT2D eigenvalue weighted by molar-refractivity contribution is -0.116. The third kappa shape index (κ3) is 3.44. The van der Waals surface area contributed by atoms with Gasteiger partial charge < -0.3 is 5.73 Å². The van der Waals surface area contributed by atoms with Gasteiger partial charge in [-0.2, -0.15) is 10.5 Å². The Hall–Kier alpha value is -3.42. The van der Waals surface area contributed by atoms with E-state index < -0.39 is 5.92 Å². The van der Waals surface area contributed by atoms with Crippen molar-refractivity contribution in [3.63, 3.8) is 0 Å². The van der Waals surface area contributed by atoms with Crippen LogP contribution in [-0.2, 0) is 17.6 Å². The van der Waals surface area contributed by atoms with Crippen molar-refractivity contribution in [3.8, 4) is 12.1 Å². The number of rotatable bonds is 2. The third-order valence-electron chi connectivity index (χ3n) is 6.83. The zero-order valence-electron chi connectivity index (χ0n) is 18.2. The van der Waals surface area contributed by atoms with Crippen molar-refractivity contribution in [2.24, 2.45) is 5.73 Å². The van der Waals surface area contributed by atoms with Crippen molar-refractivity contribution in [1.29, 1.82) is 10.5 Å². The summed E-state index contributed by atoms with van der Waals surface area (Å²) in [4.78, 5) is 16.2. The van der Waals surface area contributed by atoms with Gasteiger partial charge in [0.15, 0.2) is 5.78 Å². The first-order valence-corrected chi connectivity index (χ1v) is 12.1. The molecular formula is C26H23FN4OS. The standard InChI is InChI=1S/C26H23FN4OS/c27-16-11-9-15(10-12-16)23-19(14-29)25(30)31(20-6-4-7-21(32)24(20)23)26-18(13-28)17-5-2-1-3-8-22(17)33-26/h9-12,23H,1-8,30H2. The molecule has 0 radical (unpaired) electrons. The normalized spacial score (nSPS) is 20.6. The molecule has 7 heteroatoms. The van der Waals surface area contributed by atoms with E-state index in [1.165, 1.54) is 17.0 Å². The second-order valence-corrected chi connectivity index (χ2v) is 9.81. The number of hydrogen-bond donors (Lipinski definition) is 1. The van der Waals surface area contributed by atoms with Crippen molar-refractivity contribution >= 4 is 22.1 Å². The number of Topliss-reactive ketones (excluding diaryl/α,β-unsaturated/α-hetero) is 1. The van der Waals surface area contributed by atoms with Gasteiger partial charge in [-0.3, -0.25) is 9.69 Å². The topological polar surface area (TPSA) is 93.9 Å². The first-order valence-electron chi connectivity index (χ1n) is 11.3. The Balaban J connectivity index is 1.74. The predicted molar refractivity (Wildman–Crippen MR) is 125 cm³/mol. The molecule has 2 N–H and O–H groups in total. The minimum absolute atomic E-state index is 0.0209. The van der Waals surface area contributed by atoms with Crippen LogP contribution in [0.5, 0.6) is 0 Å². The number of benzene rings is 1. The lowest BCUT2D eigenvalue weighted by Gasteiger charge is -2.39. The molecule has 0 amide bonds. The molecule has 0 saturated heterocycles. The SMILES string of the molecule is N#CC1=C(N)N(c2sc3c(c2C#N)CCCCC3)C2=C(C(=O)CCC2)C1c1ccc(F)cc1. The van der Waals surface area contributed by atoms with Gasteiger partial charge in [0.2, 0.25) is 0 Å². The van der Waals surface area contributed by atoms with Crippen LogP contribution in [-0.4, -0.2) is 5.78 Å². The molecule has 166 valence electrons. The molecular weight excluding hydrogens is 435 g/mol. The molecule has 1 aliphatic heterocycles. The first-order chi connectivity index (χ1) is 16.0. The number of halogens is 1. The maximum atomic E-state index is 13.6. The number of carbonyl (C=O) groups is 1. The van der Waals surface area contributed by atoms with Gasteiger partial charge in [0.25, 0.3) is 0 Å². The zero-order chi connectivity index (χ0) is 23.1. The third-order valence-corrected chi connectivity index (χ3v) is 8.11. The van der Waals surface area contributed by atoms with Crippen LogP contribution in [0, 0.1) is 28.5 Å². The largest absolute Gasteiger partial charge is 0.384 e. The number of aryl methyl sites for hydroxylation is 1. The van der Waals surface area contributed by atoms with E-state index in [0.717, 1.165) is 48.4 Å². The summed E-state index contributed by atoms with van der Waals surface area (Å²) in [5.41, 5.74) is 10.6. The van der Waals surface area contributed by atoms with E-state index >= 15 is 0 Å². The van der Waals surface area contributed by atoms with Crippen LogP contribution < -0.4 is 10.6 Å². The molecule has 33 heavy (non-hydrogen) atoms. The minimum atomic E-state index is -0.627. The van der Waals surface area contributed by atoms with E-state index in [4.69, 9.17) is 5.73 Å². The van der Waals surface area contributed by atoms with Crippen LogP contribution in [0.2, 0.25) is 0 Å². The second kappa shape index (κ2) is 8.50. The van der Waals surface area contributed by atoms with Crippen molar-refractivity contribution in [2.45, 2.75) is 57.3 Å². The number of hydrogen-bond acceptors (Lipinski definition) is 6. The van der Waals surface area contributed by atoms with Crippen molar-refractivity contribution in [2.75, 3.05) is 4.90 Å². The zero-order valence-corrected chi connectivity index (χ0v) is 19.0. The number of nitrogens with two attached hydrogens (primary N) is 1. The Morgan fingerprint density at radius 1 is 1.00 bits per heavy atom. The van der Waals surface area contributed by atoms with Crippen molar-refractivity contribution < 1.29 is 9.18 Å². The average Bonchev–Trinajstić information content (AvgIpc) is 2.99. The van der Waals surface area contributed by atoms with Crippen molar-refractivity contribution in [1.82, 2.24) is 0 Å². The van der Waals surface area contributed by atoms with E-state index in [-0.39, 0.29) is 23.0 Å². The van der Waals surface area contributed by atoms with Gasteiger partial charge in [0.1, 0.15) is 22.7 Å². The summed E-state index contributed by atoms with van der Waals surface area (Å²) >= 11 is 1.56. The number of anilines is 1. The molecule has 2 aliphatic carbocycles. The number of allylic oxidation sites excluding steroid dienone is 3. The summed E-state index contributed by atoms with van der Waals surface area (Å²) in [6, 6.07) is 10.5. The average molecular weight is 459 g/mol. The summed E-state index contributed by atoms with van der Waals surface area (Å²) in [5, 5.41) is 20.9. The van der Waals surface area contributed by atoms with Gasteiger partial charge >= 0.3 is 0 Å². The molecule has 1 unspecified atom stereocenters. The summed E-state index contributed by atoms with van der Waals surface area (Å²) < 4.78 is 13.6. The molecule has 2 aromatic rings. The Morgan fingerprint density at radius 2 is 1.76 bits per heavy atom. The lowest BCUT2D eigenvalue weighted by Crippen LogP contribution is -2.38. The van der Waals surface area contributed by atoms with Crippen LogP contribution in [0.25, 0.3) is 0 Å². The number of carbonyl (C=O) groups excluding carboxylic acids is 1. The van der Waals surface area contributed by atoms with Gasteiger partial charge in [0.05, 0.1) is 23.1 Å². The Bertz CT molecular complexity index is 1290. The van der Waals surface area contributed by atoms with Crippen LogP contribution >= 0.6 is 11.3 Å². The Kier molecular flexibility index (Phi) is 5.52. The maximum absolute atomic E-state index is 13.6. The van der Waals surface area contributed by atoms with Crippen LogP contribution in [0.1, 0.15) is 66.0 Å². The highest BCUT2D eigenvalue weighted by Gasteiger charge is 2.41. The summed E-state index contributed by atoms with van der Waals surface area (Å²) in [5.74, 6) is -0.770. The highest BCUT2D eigenvalue weighted by Crippen LogP contribution is 2.49. The van der Waals surface area contributed by atoms with Crippen molar-refractivity contribution in [3.05, 3.63) is 74.3 Å². The highest BCUT2D eigenvalue weighted by molar-refractivity contribution is 7.16. The lowest BCUT2D eigenvalue weighted by atomic mass is 9.75. The van der Waals surface area contributed by atoms with Crippen LogP contribution in [0.15, 0.2) is 46.9 Å². The maximum Gasteiger partial charge on any atom is 0.161 e. The van der Waals surface area contributed by atoms with Crippen LogP contribution in [0.3, 0.4) is 0 Å². The van der Waals surface area contributed by atoms with E-state index in [0.29, 0.717) is 36.0 Å². The van der Waals surface area contributed by atoms with E-state index in [1.807, 2.05) is 4.90 Å². The molecule has 0 fully saturated rings. The van der Waals surface area contributed by atoms with Gasteiger partial charge in [-0.05, 0) is 61.8 Å². The fourth-order valence-corrected chi connectivity index (χ4v) is 6.69. The predicted octanol–water partition coefficient (Wildman–Crippen LogP) is 5.33. The fourth-order valence-electron chi connectivity index (χ4n) is 5.31. The number of nitriles is 2. The first kappa shape index (κ1) is 21.4. The van der Waals surface area contributed by atoms with Crippen LogP contribution in [0.4, 0.5) is 9.39 Å². The second-order valence-electron chi connectivity index (χ2n) is 8.72. The van der Waals surface area contributed by atoms with E-state index in [2.05, 4.69) is 12.1 Å².